The van der Waals surface area contributed by atoms with Gasteiger partial charge >= 0.3 is 0 Å². The lowest BCUT2D eigenvalue weighted by atomic mass is 10.2. The minimum atomic E-state index is 0.158. The molecule has 1 fully saturated rings. The summed E-state index contributed by atoms with van der Waals surface area (Å²) in [5.41, 5.74) is 1.22. The van der Waals surface area contributed by atoms with Crippen LogP contribution in [0.5, 0.6) is 5.75 Å². The van der Waals surface area contributed by atoms with Gasteiger partial charge in [0.1, 0.15) is 5.75 Å². The molecule has 4 heteroatoms. The number of carbonyl (C=O) groups excluding carboxylic acids is 1. The van der Waals surface area contributed by atoms with Crippen molar-refractivity contribution >= 4 is 17.7 Å². The third-order valence-corrected chi connectivity index (χ3v) is 3.61. The van der Waals surface area contributed by atoms with Crippen LogP contribution in [-0.2, 0) is 10.5 Å². The van der Waals surface area contributed by atoms with E-state index in [0.717, 1.165) is 24.3 Å². The summed E-state index contributed by atoms with van der Waals surface area (Å²) < 4.78 is 5.09. The Morgan fingerprint density at radius 3 is 2.71 bits per heavy atom. The van der Waals surface area contributed by atoms with Crippen molar-refractivity contribution in [2.45, 2.75) is 24.6 Å². The molecule has 0 atom stereocenters. The summed E-state index contributed by atoms with van der Waals surface area (Å²) in [5.74, 6) is 2.43. The first-order valence-electron chi connectivity index (χ1n) is 5.78. The molecule has 1 aliphatic rings. The molecule has 92 valence electrons. The molecule has 1 aliphatic carbocycles. The summed E-state index contributed by atoms with van der Waals surface area (Å²) in [6.07, 6.45) is 2.30. The number of hydrogen-bond acceptors (Lipinski definition) is 3. The molecule has 0 aliphatic heterocycles. The Kier molecular flexibility index (Phi) is 4.31. The number of ether oxygens (including phenoxy) is 1. The first kappa shape index (κ1) is 12.3. The van der Waals surface area contributed by atoms with Gasteiger partial charge in [0.2, 0.25) is 5.91 Å². The topological polar surface area (TPSA) is 38.3 Å². The molecule has 17 heavy (non-hydrogen) atoms. The molecule has 1 N–H and O–H groups in total. The van der Waals surface area contributed by atoms with Gasteiger partial charge in [0, 0.05) is 11.8 Å². The monoisotopic (exact) mass is 251 g/mol. The van der Waals surface area contributed by atoms with Crippen molar-refractivity contribution in [3.8, 4) is 5.75 Å². The summed E-state index contributed by atoms with van der Waals surface area (Å²) in [6, 6.07) is 8.42. The standard InChI is InChI=1S/C13H17NO2S/c1-16-12-6-2-10(3-7-12)8-17-9-13(15)14-11-4-5-11/h2-3,6-7,11H,4-5,8-9H2,1H3,(H,14,15). The fourth-order valence-electron chi connectivity index (χ4n) is 1.48. The number of carbonyl (C=O) groups is 1. The van der Waals surface area contributed by atoms with Gasteiger partial charge in [-0.2, -0.15) is 0 Å². The predicted octanol–water partition coefficient (Wildman–Crippen LogP) is 2.21. The first-order chi connectivity index (χ1) is 8.28. The molecular formula is C13H17NO2S. The van der Waals surface area contributed by atoms with Crippen LogP contribution < -0.4 is 10.1 Å². The van der Waals surface area contributed by atoms with Gasteiger partial charge in [-0.1, -0.05) is 12.1 Å². The van der Waals surface area contributed by atoms with Gasteiger partial charge < -0.3 is 10.1 Å². The van der Waals surface area contributed by atoms with E-state index >= 15 is 0 Å². The molecule has 0 bridgehead atoms. The largest absolute Gasteiger partial charge is 0.497 e. The fourth-order valence-corrected chi connectivity index (χ4v) is 2.28. The number of hydrogen-bond donors (Lipinski definition) is 1. The maximum atomic E-state index is 11.4. The highest BCUT2D eigenvalue weighted by Crippen LogP contribution is 2.19. The lowest BCUT2D eigenvalue weighted by Crippen LogP contribution is -2.27. The molecule has 0 radical (unpaired) electrons. The lowest BCUT2D eigenvalue weighted by molar-refractivity contribution is -0.118. The Bertz CT molecular complexity index is 374. The summed E-state index contributed by atoms with van der Waals surface area (Å²) in [5, 5.41) is 2.98. The summed E-state index contributed by atoms with van der Waals surface area (Å²) in [7, 11) is 1.66. The van der Waals surface area contributed by atoms with Crippen LogP contribution in [0, 0.1) is 0 Å². The Morgan fingerprint density at radius 2 is 2.12 bits per heavy atom. The van der Waals surface area contributed by atoms with E-state index in [1.54, 1.807) is 18.9 Å². The second-order valence-corrected chi connectivity index (χ2v) is 5.17. The van der Waals surface area contributed by atoms with E-state index in [1.807, 2.05) is 24.3 Å². The third kappa shape index (κ3) is 4.30. The van der Waals surface area contributed by atoms with Crippen LogP contribution in [0.4, 0.5) is 0 Å². The zero-order valence-corrected chi connectivity index (χ0v) is 10.8. The van der Waals surface area contributed by atoms with Crippen LogP contribution in [0.2, 0.25) is 0 Å². The molecular weight excluding hydrogens is 234 g/mol. The minimum absolute atomic E-state index is 0.158. The normalized spacial score (nSPS) is 14.4. The SMILES string of the molecule is COc1ccc(CSCC(=O)NC2CC2)cc1. The lowest BCUT2D eigenvalue weighted by Gasteiger charge is -2.04. The van der Waals surface area contributed by atoms with Crippen LogP contribution in [0.1, 0.15) is 18.4 Å². The molecule has 0 heterocycles. The molecule has 0 aromatic heterocycles. The minimum Gasteiger partial charge on any atom is -0.497 e. The number of amides is 1. The van der Waals surface area contributed by atoms with Crippen LogP contribution >= 0.6 is 11.8 Å². The first-order valence-corrected chi connectivity index (χ1v) is 6.93. The van der Waals surface area contributed by atoms with Crippen molar-refractivity contribution in [2.75, 3.05) is 12.9 Å². The number of methoxy groups -OCH3 is 1. The van der Waals surface area contributed by atoms with Gasteiger partial charge in [-0.25, -0.2) is 0 Å². The van der Waals surface area contributed by atoms with Gasteiger partial charge in [0.15, 0.2) is 0 Å². The van der Waals surface area contributed by atoms with E-state index in [0.29, 0.717) is 11.8 Å². The highest BCUT2D eigenvalue weighted by Gasteiger charge is 2.22. The van der Waals surface area contributed by atoms with E-state index in [2.05, 4.69) is 5.32 Å². The number of thioether (sulfide) groups is 1. The molecule has 3 nitrogen and oxygen atoms in total. The van der Waals surface area contributed by atoms with Crippen molar-refractivity contribution in [2.24, 2.45) is 0 Å². The molecule has 0 spiro atoms. The average Bonchev–Trinajstić information content (AvgIpc) is 3.14. The van der Waals surface area contributed by atoms with Gasteiger partial charge in [-0.3, -0.25) is 4.79 Å². The number of nitrogens with one attached hydrogen (secondary N) is 1. The summed E-state index contributed by atoms with van der Waals surface area (Å²) in [6.45, 7) is 0. The molecule has 0 unspecified atom stereocenters. The Labute approximate surface area is 106 Å². The highest BCUT2D eigenvalue weighted by atomic mass is 32.2. The molecule has 1 aromatic carbocycles. The molecule has 2 rings (SSSR count). The molecule has 0 saturated heterocycles. The summed E-state index contributed by atoms with van der Waals surface area (Å²) >= 11 is 1.64. The van der Waals surface area contributed by atoms with Crippen LogP contribution in [0.3, 0.4) is 0 Å². The second kappa shape index (κ2) is 5.96. The predicted molar refractivity (Wildman–Crippen MR) is 70.3 cm³/mol. The van der Waals surface area contributed by atoms with Crippen molar-refractivity contribution in [1.29, 1.82) is 0 Å². The molecule has 1 aromatic rings. The Hall–Kier alpha value is -1.16. The number of benzene rings is 1. The molecule has 1 amide bonds. The second-order valence-electron chi connectivity index (χ2n) is 4.18. The van der Waals surface area contributed by atoms with Crippen molar-refractivity contribution < 1.29 is 9.53 Å². The maximum Gasteiger partial charge on any atom is 0.230 e. The average molecular weight is 251 g/mol. The zero-order chi connectivity index (χ0) is 12.1. The van der Waals surface area contributed by atoms with Crippen molar-refractivity contribution in [3.63, 3.8) is 0 Å². The van der Waals surface area contributed by atoms with E-state index < -0.39 is 0 Å². The van der Waals surface area contributed by atoms with Crippen molar-refractivity contribution in [3.05, 3.63) is 29.8 Å². The van der Waals surface area contributed by atoms with Crippen LogP contribution in [0.25, 0.3) is 0 Å². The van der Waals surface area contributed by atoms with Gasteiger partial charge in [-0.15, -0.1) is 11.8 Å². The summed E-state index contributed by atoms with van der Waals surface area (Å²) in [4.78, 5) is 11.4. The smallest absolute Gasteiger partial charge is 0.230 e. The van der Waals surface area contributed by atoms with Crippen LogP contribution in [-0.4, -0.2) is 24.8 Å². The highest BCUT2D eigenvalue weighted by molar-refractivity contribution is 7.99. The van der Waals surface area contributed by atoms with Crippen molar-refractivity contribution in [1.82, 2.24) is 5.32 Å². The quantitative estimate of drug-likeness (QED) is 0.842. The van der Waals surface area contributed by atoms with E-state index in [-0.39, 0.29) is 5.91 Å². The Morgan fingerprint density at radius 1 is 1.41 bits per heavy atom. The number of rotatable bonds is 6. The molecule has 1 saturated carbocycles. The van der Waals surface area contributed by atoms with Gasteiger partial charge in [0.05, 0.1) is 12.9 Å². The van der Waals surface area contributed by atoms with Crippen LogP contribution in [0.15, 0.2) is 24.3 Å². The third-order valence-electron chi connectivity index (χ3n) is 2.60. The maximum absolute atomic E-state index is 11.4. The fraction of sp³-hybridized carbons (Fsp3) is 0.462. The van der Waals surface area contributed by atoms with E-state index in [4.69, 9.17) is 4.74 Å². The Balaban J connectivity index is 1.67. The zero-order valence-electron chi connectivity index (χ0n) is 9.94. The van der Waals surface area contributed by atoms with Gasteiger partial charge in [-0.05, 0) is 30.5 Å². The van der Waals surface area contributed by atoms with E-state index in [9.17, 15) is 4.79 Å². The van der Waals surface area contributed by atoms with Gasteiger partial charge in [0.25, 0.3) is 0 Å². The van der Waals surface area contributed by atoms with E-state index in [1.165, 1.54) is 5.56 Å².